The lowest BCUT2D eigenvalue weighted by Gasteiger charge is -2.20. The van der Waals surface area contributed by atoms with Gasteiger partial charge in [0, 0.05) is 10.0 Å². The van der Waals surface area contributed by atoms with Crippen LogP contribution in [0.3, 0.4) is 0 Å². The average Bonchev–Trinajstić information content (AvgIpc) is 2.48. The molecule has 2 aromatic rings. The van der Waals surface area contributed by atoms with Crippen molar-refractivity contribution < 1.29 is 19.0 Å². The van der Waals surface area contributed by atoms with E-state index >= 15 is 0 Å². The second-order valence-corrected chi connectivity index (χ2v) is 5.52. The average molecular weight is 352 g/mol. The maximum atomic E-state index is 13.3. The molecule has 0 aromatic heterocycles. The first-order valence-corrected chi connectivity index (χ1v) is 7.03. The molecule has 1 unspecified atom stereocenters. The van der Waals surface area contributed by atoms with E-state index in [-0.39, 0.29) is 12.5 Å². The quantitative estimate of drug-likeness (QED) is 0.874. The Morgan fingerprint density at radius 1 is 1.29 bits per heavy atom. The maximum absolute atomic E-state index is 13.3. The van der Waals surface area contributed by atoms with E-state index in [0.717, 1.165) is 0 Å². The van der Waals surface area contributed by atoms with Gasteiger partial charge in [-0.2, -0.15) is 0 Å². The Balaban J connectivity index is 1.98. The highest BCUT2D eigenvalue weighted by Crippen LogP contribution is 2.34. The van der Waals surface area contributed by atoms with Gasteiger partial charge in [0.2, 0.25) is 0 Å². The zero-order valence-electron chi connectivity index (χ0n) is 10.8. The van der Waals surface area contributed by atoms with Crippen molar-refractivity contribution in [1.82, 2.24) is 0 Å². The van der Waals surface area contributed by atoms with Gasteiger partial charge in [0.15, 0.2) is 6.61 Å². The summed E-state index contributed by atoms with van der Waals surface area (Å²) in [5, 5.41) is 13.1. The number of carbonyl (C=O) groups excluding carboxylic acids is 1. The number of rotatable bonds is 2. The molecular formula is C15H11BrFNO3. The van der Waals surface area contributed by atoms with E-state index in [1.165, 1.54) is 18.2 Å². The monoisotopic (exact) mass is 351 g/mol. The largest absolute Gasteiger partial charge is 0.482 e. The Labute approximate surface area is 128 Å². The molecule has 1 heterocycles. The number of hydrogen-bond acceptors (Lipinski definition) is 3. The van der Waals surface area contributed by atoms with Crippen LogP contribution in [0.25, 0.3) is 0 Å². The molecule has 1 aliphatic rings. The standard InChI is InChI=1S/C15H11BrFNO3/c16-11-3-2-9(17)6-10(11)15(20)8-1-4-13-12(5-8)18-14(19)7-21-13/h1-6,15,20H,7H2,(H,18,19). The fraction of sp³-hybridized carbons (Fsp3) is 0.133. The molecule has 0 spiro atoms. The summed E-state index contributed by atoms with van der Waals surface area (Å²) in [5.74, 6) is -0.133. The fourth-order valence-electron chi connectivity index (χ4n) is 2.17. The van der Waals surface area contributed by atoms with Crippen molar-refractivity contribution in [3.05, 3.63) is 57.8 Å². The third-order valence-corrected chi connectivity index (χ3v) is 3.93. The van der Waals surface area contributed by atoms with E-state index in [9.17, 15) is 14.3 Å². The van der Waals surface area contributed by atoms with Gasteiger partial charge >= 0.3 is 0 Å². The molecule has 108 valence electrons. The number of aliphatic hydroxyl groups is 1. The van der Waals surface area contributed by atoms with E-state index in [0.29, 0.717) is 27.0 Å². The lowest BCUT2D eigenvalue weighted by molar-refractivity contribution is -0.118. The number of aliphatic hydroxyl groups excluding tert-OH is 1. The molecule has 6 heteroatoms. The SMILES string of the molecule is O=C1COc2ccc(C(O)c3cc(F)ccc3Br)cc2N1. The summed E-state index contributed by atoms with van der Waals surface area (Å²) in [4.78, 5) is 11.3. The summed E-state index contributed by atoms with van der Waals surface area (Å²) in [5.41, 5.74) is 1.44. The van der Waals surface area contributed by atoms with E-state index in [1.54, 1.807) is 18.2 Å². The number of benzene rings is 2. The van der Waals surface area contributed by atoms with Gasteiger partial charge in [-0.3, -0.25) is 4.79 Å². The van der Waals surface area contributed by atoms with Gasteiger partial charge in [-0.1, -0.05) is 22.0 Å². The summed E-state index contributed by atoms with van der Waals surface area (Å²) in [6.45, 7) is -0.0235. The predicted octanol–water partition coefficient (Wildman–Crippen LogP) is 3.00. The van der Waals surface area contributed by atoms with Gasteiger partial charge in [0.05, 0.1) is 5.69 Å². The van der Waals surface area contributed by atoms with Gasteiger partial charge in [-0.15, -0.1) is 0 Å². The first kappa shape index (κ1) is 14.0. The van der Waals surface area contributed by atoms with Crippen molar-refractivity contribution in [2.45, 2.75) is 6.10 Å². The molecule has 4 nitrogen and oxygen atoms in total. The molecule has 21 heavy (non-hydrogen) atoms. The number of nitrogens with one attached hydrogen (secondary N) is 1. The second kappa shape index (κ2) is 5.46. The Morgan fingerprint density at radius 3 is 2.90 bits per heavy atom. The molecule has 1 aliphatic heterocycles. The van der Waals surface area contributed by atoms with E-state index in [4.69, 9.17) is 4.74 Å². The van der Waals surface area contributed by atoms with Gasteiger partial charge in [-0.25, -0.2) is 4.39 Å². The summed E-state index contributed by atoms with van der Waals surface area (Å²) in [6, 6.07) is 9.08. The third-order valence-electron chi connectivity index (χ3n) is 3.20. The van der Waals surface area contributed by atoms with E-state index < -0.39 is 11.9 Å². The molecule has 3 rings (SSSR count). The maximum Gasteiger partial charge on any atom is 0.262 e. The van der Waals surface area contributed by atoms with Gasteiger partial charge in [-0.05, 0) is 35.9 Å². The van der Waals surface area contributed by atoms with Crippen LogP contribution >= 0.6 is 15.9 Å². The molecule has 1 atom stereocenters. The highest BCUT2D eigenvalue weighted by Gasteiger charge is 2.20. The summed E-state index contributed by atoms with van der Waals surface area (Å²) in [7, 11) is 0. The minimum absolute atomic E-state index is 0.0235. The Morgan fingerprint density at radius 2 is 2.10 bits per heavy atom. The highest BCUT2D eigenvalue weighted by atomic mass is 79.9. The highest BCUT2D eigenvalue weighted by molar-refractivity contribution is 9.10. The van der Waals surface area contributed by atoms with Crippen molar-refractivity contribution in [3.8, 4) is 5.75 Å². The molecule has 0 bridgehead atoms. The number of amides is 1. The molecule has 2 N–H and O–H groups in total. The van der Waals surface area contributed by atoms with Crippen LogP contribution in [-0.2, 0) is 4.79 Å². The summed E-state index contributed by atoms with van der Waals surface area (Å²) < 4.78 is 19.2. The molecule has 0 aliphatic carbocycles. The number of anilines is 1. The number of fused-ring (bicyclic) bond motifs is 1. The van der Waals surface area contributed by atoms with Crippen molar-refractivity contribution in [1.29, 1.82) is 0 Å². The first-order valence-electron chi connectivity index (χ1n) is 6.24. The van der Waals surface area contributed by atoms with Crippen LogP contribution in [0.1, 0.15) is 17.2 Å². The van der Waals surface area contributed by atoms with Crippen molar-refractivity contribution in [2.75, 3.05) is 11.9 Å². The van der Waals surface area contributed by atoms with Crippen molar-refractivity contribution in [2.24, 2.45) is 0 Å². The number of carbonyl (C=O) groups is 1. The lowest BCUT2D eigenvalue weighted by Crippen LogP contribution is -2.25. The van der Waals surface area contributed by atoms with Crippen LogP contribution in [0.4, 0.5) is 10.1 Å². The van der Waals surface area contributed by atoms with Crippen LogP contribution in [-0.4, -0.2) is 17.6 Å². The molecule has 0 radical (unpaired) electrons. The zero-order chi connectivity index (χ0) is 15.0. The Hall–Kier alpha value is -1.92. The van der Waals surface area contributed by atoms with Crippen LogP contribution in [0.2, 0.25) is 0 Å². The Bertz CT molecular complexity index is 720. The zero-order valence-corrected chi connectivity index (χ0v) is 12.4. The number of halogens is 2. The van der Waals surface area contributed by atoms with Crippen LogP contribution < -0.4 is 10.1 Å². The molecule has 2 aromatic carbocycles. The van der Waals surface area contributed by atoms with Crippen LogP contribution in [0.5, 0.6) is 5.75 Å². The molecular weight excluding hydrogens is 341 g/mol. The molecule has 0 saturated carbocycles. The molecule has 0 saturated heterocycles. The number of ether oxygens (including phenoxy) is 1. The third kappa shape index (κ3) is 2.77. The van der Waals surface area contributed by atoms with E-state index in [2.05, 4.69) is 21.2 Å². The van der Waals surface area contributed by atoms with Gasteiger partial charge < -0.3 is 15.2 Å². The van der Waals surface area contributed by atoms with Crippen molar-refractivity contribution in [3.63, 3.8) is 0 Å². The topological polar surface area (TPSA) is 58.6 Å². The fourth-order valence-corrected chi connectivity index (χ4v) is 2.64. The van der Waals surface area contributed by atoms with Gasteiger partial charge in [0.1, 0.15) is 17.7 Å². The molecule has 0 fully saturated rings. The predicted molar refractivity (Wildman–Crippen MR) is 78.7 cm³/mol. The summed E-state index contributed by atoms with van der Waals surface area (Å²) >= 11 is 3.29. The second-order valence-electron chi connectivity index (χ2n) is 4.66. The minimum atomic E-state index is -1.01. The van der Waals surface area contributed by atoms with Gasteiger partial charge in [0.25, 0.3) is 5.91 Å². The lowest BCUT2D eigenvalue weighted by atomic mass is 10.0. The Kier molecular flexibility index (Phi) is 3.65. The van der Waals surface area contributed by atoms with Crippen LogP contribution in [0.15, 0.2) is 40.9 Å². The first-order chi connectivity index (χ1) is 10.0. The van der Waals surface area contributed by atoms with E-state index in [1.807, 2.05) is 0 Å². The summed E-state index contributed by atoms with van der Waals surface area (Å²) in [6.07, 6.45) is -1.01. The van der Waals surface area contributed by atoms with Crippen molar-refractivity contribution >= 4 is 27.5 Å². The van der Waals surface area contributed by atoms with Crippen LogP contribution in [0, 0.1) is 5.82 Å². The minimum Gasteiger partial charge on any atom is -0.482 e. The number of hydrogen-bond donors (Lipinski definition) is 2. The smallest absolute Gasteiger partial charge is 0.262 e. The normalized spacial score (nSPS) is 14.9. The molecule has 1 amide bonds.